The van der Waals surface area contributed by atoms with Crippen LogP contribution < -0.4 is 5.11 Å². The van der Waals surface area contributed by atoms with Crippen LogP contribution in [0, 0.1) is 5.75 Å². The minimum absolute atomic E-state index is 0.0118. The van der Waals surface area contributed by atoms with Crippen molar-refractivity contribution >= 4 is 14.1 Å². The Morgan fingerprint density at radius 2 is 2.25 bits per heavy atom. The van der Waals surface area contributed by atoms with Gasteiger partial charge in [0.25, 0.3) is 0 Å². The number of ether oxygens (including phenoxy) is 1. The molecule has 0 aromatic rings. The van der Waals surface area contributed by atoms with E-state index in [0.717, 1.165) is 0 Å². The second kappa shape index (κ2) is 4.99. The summed E-state index contributed by atoms with van der Waals surface area (Å²) in [4.78, 5) is 9.82. The molecule has 0 aromatic heterocycles. The van der Waals surface area contributed by atoms with Gasteiger partial charge in [-0.05, 0) is 0 Å². The Kier molecular flexibility index (Phi) is 4.67. The van der Waals surface area contributed by atoms with E-state index in [-0.39, 0.29) is 19.0 Å². The first kappa shape index (κ1) is 11.2. The Hall–Kier alpha value is -0.760. The van der Waals surface area contributed by atoms with Gasteiger partial charge in [0.15, 0.2) is 0 Å². The number of carbonyl (C=O) groups excluding carboxylic acids is 1. The normalized spacial score (nSPS) is 10.2. The van der Waals surface area contributed by atoms with Crippen molar-refractivity contribution < 1.29 is 23.7 Å². The Balaban J connectivity index is 3.81. The van der Waals surface area contributed by atoms with Crippen molar-refractivity contribution in [1.82, 2.24) is 0 Å². The van der Waals surface area contributed by atoms with Gasteiger partial charge in [-0.15, -0.1) is 0 Å². The zero-order valence-electron chi connectivity index (χ0n) is 6.94. The molecule has 0 aliphatic rings. The molecule has 12 heavy (non-hydrogen) atoms. The quantitative estimate of drug-likeness (QED) is 0.347. The molecule has 6 heteroatoms. The number of hydrogen-bond acceptors (Lipinski definition) is 4. The third-order valence-corrected chi connectivity index (χ3v) is 1.80. The van der Waals surface area contributed by atoms with E-state index < -0.39 is 6.16 Å². The maximum atomic E-state index is 10.1. The molecule has 0 spiro atoms. The zero-order chi connectivity index (χ0) is 9.61. The van der Waals surface area contributed by atoms with Gasteiger partial charge in [-0.1, -0.05) is 0 Å². The van der Waals surface area contributed by atoms with Crippen molar-refractivity contribution in [3.8, 4) is 5.75 Å². The molecule has 0 heterocycles. The van der Waals surface area contributed by atoms with Gasteiger partial charge in [-0.3, -0.25) is 0 Å². The van der Waals surface area contributed by atoms with E-state index in [4.69, 9.17) is 0 Å². The summed E-state index contributed by atoms with van der Waals surface area (Å²) in [7, 11) is 3.25. The molecular formula is C6H10NO4P. The molecule has 0 radical (unpaired) electrons. The third-order valence-electron chi connectivity index (χ3n) is 1.18. The van der Waals surface area contributed by atoms with Crippen molar-refractivity contribution in [1.29, 1.82) is 0 Å². The summed E-state index contributed by atoms with van der Waals surface area (Å²) in [5.74, 6) is 2.56. The molecule has 68 valence electrons. The van der Waals surface area contributed by atoms with Gasteiger partial charge in [-0.25, -0.2) is 0 Å². The fourth-order valence-electron chi connectivity index (χ4n) is 0.518. The number of likely N-dealkylation sites (N-methyl/N-ethyl adjacent to an activating group) is 1. The van der Waals surface area contributed by atoms with Crippen molar-refractivity contribution in [3.05, 3.63) is 0 Å². The predicted octanol–water partition coefficient (Wildman–Crippen LogP) is -0.369. The average Bonchev–Trinajstić information content (AvgIpc) is 1.85. The second-order valence-electron chi connectivity index (χ2n) is 2.70. The second-order valence-corrected chi connectivity index (χ2v) is 3.08. The summed E-state index contributed by atoms with van der Waals surface area (Å²) < 4.78 is 14.5. The Morgan fingerprint density at radius 1 is 1.67 bits per heavy atom. The van der Waals surface area contributed by atoms with Crippen LogP contribution in [0.3, 0.4) is 0 Å². The van der Waals surface area contributed by atoms with Gasteiger partial charge in [0.2, 0.25) is 0 Å². The number of carboxylic acid groups (broad SMARTS) is 1. The van der Waals surface area contributed by atoms with E-state index in [9.17, 15) is 14.5 Å². The fourth-order valence-corrected chi connectivity index (χ4v) is 0.839. The van der Waals surface area contributed by atoms with Gasteiger partial charge < -0.3 is 0 Å². The third kappa shape index (κ3) is 5.98. The minimum atomic E-state index is -1.55. The number of rotatable bonds is 3. The standard InChI is InChI=1S/C6H10NO4P/c1-7(2,5-12-10)3-4-11-6(8)9/h3-4H2,1-2H3. The average molecular weight is 191 g/mol. The molecule has 0 aliphatic heterocycles. The van der Waals surface area contributed by atoms with Gasteiger partial charge in [0, 0.05) is 0 Å². The summed E-state index contributed by atoms with van der Waals surface area (Å²) in [6.07, 6.45) is -1.55. The first-order chi connectivity index (χ1) is 5.48. The summed E-state index contributed by atoms with van der Waals surface area (Å²) >= 11 is 0. The van der Waals surface area contributed by atoms with Crippen molar-refractivity contribution in [3.63, 3.8) is 0 Å². The molecule has 0 saturated heterocycles. The van der Waals surface area contributed by atoms with Gasteiger partial charge in [0.1, 0.15) is 0 Å². The van der Waals surface area contributed by atoms with E-state index >= 15 is 0 Å². The van der Waals surface area contributed by atoms with E-state index in [2.05, 4.69) is 10.5 Å². The van der Waals surface area contributed by atoms with Crippen molar-refractivity contribution in [2.75, 3.05) is 27.2 Å². The van der Waals surface area contributed by atoms with E-state index in [1.54, 1.807) is 14.1 Å². The monoisotopic (exact) mass is 191 g/mol. The molecule has 5 nitrogen and oxygen atoms in total. The number of quaternary nitrogens is 1. The first-order valence-corrected chi connectivity index (χ1v) is 4.05. The number of nitrogens with zero attached hydrogens (tertiary/aromatic N) is 1. The molecular weight excluding hydrogens is 181 g/mol. The van der Waals surface area contributed by atoms with E-state index in [1.807, 2.05) is 0 Å². The first-order valence-electron chi connectivity index (χ1n) is 3.24. The number of hydrogen-bond donors (Lipinski definition) is 0. The van der Waals surface area contributed by atoms with Crippen LogP contribution in [0.25, 0.3) is 0 Å². The molecule has 0 fully saturated rings. The summed E-state index contributed by atoms with van der Waals surface area (Å²) in [6.45, 7) is 0.390. The van der Waals surface area contributed by atoms with Crippen LogP contribution >= 0.6 is 7.92 Å². The molecule has 0 unspecified atom stereocenters. The molecule has 0 bridgehead atoms. The fraction of sp³-hybridized carbons (Fsp3) is 0.667. The van der Waals surface area contributed by atoms with E-state index in [1.165, 1.54) is 0 Å². The van der Waals surface area contributed by atoms with Crippen molar-refractivity contribution in [2.24, 2.45) is 0 Å². The van der Waals surface area contributed by atoms with Crippen LogP contribution in [-0.4, -0.2) is 37.9 Å². The van der Waals surface area contributed by atoms with Gasteiger partial charge in [0.05, 0.1) is 0 Å². The van der Waals surface area contributed by atoms with Crippen LogP contribution in [0.2, 0.25) is 0 Å². The summed E-state index contributed by atoms with van der Waals surface area (Å²) in [6, 6.07) is 0. The molecule has 0 atom stereocenters. The van der Waals surface area contributed by atoms with Crippen LogP contribution in [0.4, 0.5) is 4.79 Å². The van der Waals surface area contributed by atoms with Crippen LogP contribution in [0.1, 0.15) is 0 Å². The number of carbonyl (C=O) groups is 1. The Bertz CT molecular complexity index is 256. The van der Waals surface area contributed by atoms with Crippen LogP contribution in [0.5, 0.6) is 0 Å². The van der Waals surface area contributed by atoms with Gasteiger partial charge >= 0.3 is 70.8 Å². The topological polar surface area (TPSA) is 66.4 Å². The molecule has 0 N–H and O–H groups in total. The van der Waals surface area contributed by atoms with E-state index in [0.29, 0.717) is 6.54 Å². The Morgan fingerprint density at radius 3 is 2.67 bits per heavy atom. The molecule has 0 aliphatic carbocycles. The zero-order valence-corrected chi connectivity index (χ0v) is 7.84. The maximum absolute atomic E-state index is 10.1. The molecule has 0 aromatic carbocycles. The molecule has 0 saturated carbocycles. The van der Waals surface area contributed by atoms with Crippen LogP contribution in [0.15, 0.2) is 0 Å². The molecule has 0 rings (SSSR count). The van der Waals surface area contributed by atoms with Crippen LogP contribution in [-0.2, 0) is 9.30 Å². The summed E-state index contributed by atoms with van der Waals surface area (Å²) in [5, 5.41) is 9.82. The van der Waals surface area contributed by atoms with Crippen molar-refractivity contribution in [2.45, 2.75) is 0 Å². The summed E-state index contributed by atoms with van der Waals surface area (Å²) in [5.41, 5.74) is 0. The SMILES string of the molecule is C[N+](C)(C#P=O)CCOC(=O)[O-]. The molecule has 0 amide bonds. The van der Waals surface area contributed by atoms with Gasteiger partial charge in [-0.2, -0.15) is 0 Å². The predicted molar refractivity (Wildman–Crippen MR) is 39.8 cm³/mol. The Labute approximate surface area is 71.6 Å².